The number of Topliss-reactive ketones (excluding diaryl/α,β-unsaturated/α-hetero) is 1. The van der Waals surface area contributed by atoms with Crippen LogP contribution < -0.4 is 10.6 Å². The highest BCUT2D eigenvalue weighted by atomic mass is 19.4. The van der Waals surface area contributed by atoms with E-state index in [0.29, 0.717) is 36.1 Å². The molecule has 252 valence electrons. The van der Waals surface area contributed by atoms with Gasteiger partial charge in [-0.15, -0.1) is 0 Å². The number of nitrogens with zero attached hydrogens (tertiary/aromatic N) is 1. The first-order valence-corrected chi connectivity index (χ1v) is 16.6. The number of hydrogen-bond donors (Lipinski definition) is 2. The summed E-state index contributed by atoms with van der Waals surface area (Å²) >= 11 is 0. The van der Waals surface area contributed by atoms with Gasteiger partial charge in [-0.1, -0.05) is 44.6 Å². The average Bonchev–Trinajstić information content (AvgIpc) is 3.29. The van der Waals surface area contributed by atoms with Gasteiger partial charge in [0.25, 0.3) is 11.8 Å². The van der Waals surface area contributed by atoms with E-state index in [1.54, 1.807) is 19.1 Å². The van der Waals surface area contributed by atoms with E-state index >= 15 is 0 Å². The molecule has 2 amide bonds. The van der Waals surface area contributed by atoms with Crippen molar-refractivity contribution in [1.82, 2.24) is 10.2 Å². The molecule has 1 aliphatic heterocycles. The van der Waals surface area contributed by atoms with Gasteiger partial charge in [-0.25, -0.2) is 0 Å². The van der Waals surface area contributed by atoms with Crippen LogP contribution in [0.5, 0.6) is 0 Å². The zero-order valence-corrected chi connectivity index (χ0v) is 27.6. The van der Waals surface area contributed by atoms with Gasteiger partial charge in [-0.2, -0.15) is 13.2 Å². The van der Waals surface area contributed by atoms with Crippen molar-refractivity contribution in [1.29, 1.82) is 0 Å². The van der Waals surface area contributed by atoms with Crippen LogP contribution in [0.25, 0.3) is 5.57 Å². The highest BCUT2D eigenvalue weighted by Gasteiger charge is 2.30. The van der Waals surface area contributed by atoms with Crippen molar-refractivity contribution < 1.29 is 27.6 Å². The SMILES string of the molecule is CC(=O)CCCC(C)CCCNC(=O)c1ccc(C2=CCCN(C3=CC=CCC3C)CC2)c(NC(=O)c2ccc(C(F)(F)F)cc2)c1. The lowest BCUT2D eigenvalue weighted by molar-refractivity contribution is -0.137. The Morgan fingerprint density at radius 2 is 1.70 bits per heavy atom. The molecule has 0 fully saturated rings. The van der Waals surface area contributed by atoms with E-state index in [0.717, 1.165) is 93.4 Å². The fraction of sp³-hybridized carbons (Fsp3) is 0.447. The molecule has 6 nitrogen and oxygen atoms in total. The number of amides is 2. The molecule has 0 saturated carbocycles. The summed E-state index contributed by atoms with van der Waals surface area (Å²) in [6, 6.07) is 9.35. The standard InChI is InChI=1S/C38H46F3N3O3/c1-26(9-6-12-28(3)45)10-7-22-42-36(46)31-17-20-33(29-13-8-23-44(24-21-29)35-14-5-4-11-27(35)2)34(25-31)43-37(47)30-15-18-32(19-16-30)38(39,40)41/h4-5,13-20,25-27H,6-12,21-24H2,1-3H3,(H,42,46)(H,43,47). The van der Waals surface area contributed by atoms with Crippen LogP contribution >= 0.6 is 0 Å². The van der Waals surface area contributed by atoms with E-state index in [2.05, 4.69) is 53.7 Å². The van der Waals surface area contributed by atoms with Crippen LogP contribution in [-0.2, 0) is 11.0 Å². The average molecular weight is 650 g/mol. The minimum absolute atomic E-state index is 0.0866. The van der Waals surface area contributed by atoms with E-state index in [-0.39, 0.29) is 17.3 Å². The number of hydrogen-bond acceptors (Lipinski definition) is 4. The summed E-state index contributed by atoms with van der Waals surface area (Å²) < 4.78 is 39.3. The van der Waals surface area contributed by atoms with Crippen molar-refractivity contribution in [2.24, 2.45) is 11.8 Å². The summed E-state index contributed by atoms with van der Waals surface area (Å²) in [5, 5.41) is 5.86. The molecule has 0 aromatic heterocycles. The molecule has 2 aromatic rings. The highest BCUT2D eigenvalue weighted by Crippen LogP contribution is 2.33. The van der Waals surface area contributed by atoms with Gasteiger partial charge in [-0.3, -0.25) is 9.59 Å². The van der Waals surface area contributed by atoms with Gasteiger partial charge in [0.1, 0.15) is 5.78 Å². The number of ketones is 1. The largest absolute Gasteiger partial charge is 0.416 e. The molecule has 0 bridgehead atoms. The quantitative estimate of drug-likeness (QED) is 0.213. The Hall–Kier alpha value is -4.14. The smallest absolute Gasteiger partial charge is 0.374 e. The van der Waals surface area contributed by atoms with Gasteiger partial charge >= 0.3 is 6.18 Å². The Morgan fingerprint density at radius 1 is 0.979 bits per heavy atom. The first-order chi connectivity index (χ1) is 22.4. The van der Waals surface area contributed by atoms with Crippen LogP contribution in [-0.4, -0.2) is 42.1 Å². The maximum absolute atomic E-state index is 13.3. The monoisotopic (exact) mass is 649 g/mol. The van der Waals surface area contributed by atoms with Crippen molar-refractivity contribution in [3.05, 3.63) is 94.7 Å². The van der Waals surface area contributed by atoms with Crippen LogP contribution in [0.15, 0.2) is 72.5 Å². The zero-order chi connectivity index (χ0) is 34.0. The normalized spacial score (nSPS) is 17.3. The number of anilines is 1. The van der Waals surface area contributed by atoms with E-state index in [1.807, 2.05) is 6.07 Å². The van der Waals surface area contributed by atoms with Gasteiger partial charge in [0.05, 0.1) is 5.56 Å². The predicted molar refractivity (Wildman–Crippen MR) is 181 cm³/mol. The number of halogens is 3. The first-order valence-electron chi connectivity index (χ1n) is 16.6. The predicted octanol–water partition coefficient (Wildman–Crippen LogP) is 8.82. The number of carbonyl (C=O) groups excluding carboxylic acids is 3. The lowest BCUT2D eigenvalue weighted by atomic mass is 9.96. The molecular formula is C38H46F3N3O3. The fourth-order valence-corrected chi connectivity index (χ4v) is 6.19. The summed E-state index contributed by atoms with van der Waals surface area (Å²) in [5.41, 5.74) is 3.22. The Kier molecular flexibility index (Phi) is 12.6. The molecule has 47 heavy (non-hydrogen) atoms. The minimum atomic E-state index is -4.50. The van der Waals surface area contributed by atoms with Crippen molar-refractivity contribution in [3.8, 4) is 0 Å². The summed E-state index contributed by atoms with van der Waals surface area (Å²) in [7, 11) is 0. The van der Waals surface area contributed by atoms with Gasteiger partial charge in [0.2, 0.25) is 0 Å². The third-order valence-electron chi connectivity index (χ3n) is 8.94. The number of nitrogens with one attached hydrogen (secondary N) is 2. The molecule has 1 heterocycles. The Labute approximate surface area is 276 Å². The number of allylic oxidation sites excluding steroid dienone is 4. The summed E-state index contributed by atoms with van der Waals surface area (Å²) in [6.07, 6.45) is 10.9. The van der Waals surface area contributed by atoms with Crippen molar-refractivity contribution in [3.63, 3.8) is 0 Å². The number of rotatable bonds is 13. The highest BCUT2D eigenvalue weighted by molar-refractivity contribution is 6.06. The molecule has 0 radical (unpaired) electrons. The van der Waals surface area contributed by atoms with Gasteiger partial charge in [-0.05, 0) is 105 Å². The van der Waals surface area contributed by atoms with E-state index in [4.69, 9.17) is 0 Å². The second-order valence-corrected chi connectivity index (χ2v) is 12.8. The third kappa shape index (κ3) is 10.4. The van der Waals surface area contributed by atoms with Crippen LogP contribution in [0.4, 0.5) is 18.9 Å². The second kappa shape index (κ2) is 16.6. The Morgan fingerprint density at radius 3 is 2.40 bits per heavy atom. The van der Waals surface area contributed by atoms with Crippen molar-refractivity contribution in [2.45, 2.75) is 78.3 Å². The van der Waals surface area contributed by atoms with Crippen LogP contribution in [0.3, 0.4) is 0 Å². The Bertz CT molecular complexity index is 1510. The molecule has 2 aliphatic rings. The van der Waals surface area contributed by atoms with Crippen LogP contribution in [0.1, 0.15) is 104 Å². The molecule has 2 unspecified atom stereocenters. The lowest BCUT2D eigenvalue weighted by Gasteiger charge is -2.31. The third-order valence-corrected chi connectivity index (χ3v) is 8.94. The maximum Gasteiger partial charge on any atom is 0.416 e. The summed E-state index contributed by atoms with van der Waals surface area (Å²) in [4.78, 5) is 40.0. The molecular weight excluding hydrogens is 603 g/mol. The van der Waals surface area contributed by atoms with Crippen LogP contribution in [0.2, 0.25) is 0 Å². The molecule has 1 aliphatic carbocycles. The molecule has 4 rings (SSSR count). The van der Waals surface area contributed by atoms with E-state index in [9.17, 15) is 27.6 Å². The molecule has 2 aromatic carbocycles. The van der Waals surface area contributed by atoms with Gasteiger partial charge in [0.15, 0.2) is 0 Å². The van der Waals surface area contributed by atoms with Gasteiger partial charge in [0, 0.05) is 54.1 Å². The maximum atomic E-state index is 13.3. The summed E-state index contributed by atoms with van der Waals surface area (Å²) in [5.74, 6) is 0.272. The van der Waals surface area contributed by atoms with Crippen molar-refractivity contribution in [2.75, 3.05) is 25.0 Å². The molecule has 2 atom stereocenters. The Balaban J connectivity index is 1.48. The fourth-order valence-electron chi connectivity index (χ4n) is 6.19. The second-order valence-electron chi connectivity index (χ2n) is 12.8. The van der Waals surface area contributed by atoms with E-state index < -0.39 is 17.6 Å². The number of alkyl halides is 3. The van der Waals surface area contributed by atoms with E-state index in [1.165, 1.54) is 5.70 Å². The van der Waals surface area contributed by atoms with Crippen LogP contribution in [0, 0.1) is 11.8 Å². The number of benzene rings is 2. The lowest BCUT2D eigenvalue weighted by Crippen LogP contribution is -2.28. The zero-order valence-electron chi connectivity index (χ0n) is 27.6. The molecule has 9 heteroatoms. The molecule has 0 spiro atoms. The summed E-state index contributed by atoms with van der Waals surface area (Å²) in [6.45, 7) is 8.15. The molecule has 0 saturated heterocycles. The van der Waals surface area contributed by atoms with Gasteiger partial charge < -0.3 is 20.3 Å². The first kappa shape index (κ1) is 35.7. The topological polar surface area (TPSA) is 78.5 Å². The minimum Gasteiger partial charge on any atom is -0.374 e. The number of carbonyl (C=O) groups is 3. The van der Waals surface area contributed by atoms with Crippen molar-refractivity contribution >= 4 is 28.9 Å². The molecule has 2 N–H and O–H groups in total.